The molecule has 0 heterocycles. The summed E-state index contributed by atoms with van der Waals surface area (Å²) < 4.78 is 18.6. The van der Waals surface area contributed by atoms with Gasteiger partial charge in [0.2, 0.25) is 5.91 Å². The van der Waals surface area contributed by atoms with E-state index in [9.17, 15) is 9.18 Å². The summed E-state index contributed by atoms with van der Waals surface area (Å²) in [5, 5.41) is 2.62. The van der Waals surface area contributed by atoms with E-state index in [1.165, 1.54) is 30.9 Å². The van der Waals surface area contributed by atoms with Gasteiger partial charge in [-0.05, 0) is 34.8 Å². The van der Waals surface area contributed by atoms with Gasteiger partial charge in [-0.15, -0.1) is 0 Å². The first-order valence-corrected chi connectivity index (χ1v) is 7.73. The molecule has 2 rings (SSSR count). The van der Waals surface area contributed by atoms with Crippen LogP contribution in [0.4, 0.5) is 10.1 Å². The molecule has 126 valence electrons. The summed E-state index contributed by atoms with van der Waals surface area (Å²) in [6, 6.07) is 12.4. The second kappa shape index (κ2) is 7.30. The first kappa shape index (κ1) is 17.7. The SMILES string of the molecule is COc1c(F)cccc1NC(=O)C=Cc1ccc(C(C)(C)C)cc1. The van der Waals surface area contributed by atoms with Gasteiger partial charge >= 0.3 is 0 Å². The van der Waals surface area contributed by atoms with Crippen LogP contribution in [0.15, 0.2) is 48.5 Å². The van der Waals surface area contributed by atoms with Crippen LogP contribution in [0.5, 0.6) is 5.75 Å². The van der Waals surface area contributed by atoms with Crippen molar-refractivity contribution in [3.63, 3.8) is 0 Å². The summed E-state index contributed by atoms with van der Waals surface area (Å²) >= 11 is 0. The molecule has 0 bridgehead atoms. The maximum absolute atomic E-state index is 13.6. The molecule has 0 aliphatic heterocycles. The third-order valence-corrected chi connectivity index (χ3v) is 3.63. The number of halogens is 1. The molecule has 0 aliphatic rings. The molecule has 24 heavy (non-hydrogen) atoms. The predicted molar refractivity (Wildman–Crippen MR) is 95.8 cm³/mol. The first-order valence-electron chi connectivity index (χ1n) is 7.73. The lowest BCUT2D eigenvalue weighted by molar-refractivity contribution is -0.111. The number of hydrogen-bond acceptors (Lipinski definition) is 2. The number of ether oxygens (including phenoxy) is 1. The van der Waals surface area contributed by atoms with Crippen molar-refractivity contribution in [1.82, 2.24) is 0 Å². The standard InChI is InChI=1S/C20H22FNO2/c1-20(2,3)15-11-8-14(9-12-15)10-13-18(23)22-17-7-5-6-16(21)19(17)24-4/h5-13H,1-4H3,(H,22,23). The number of para-hydroxylation sites is 1. The lowest BCUT2D eigenvalue weighted by Crippen LogP contribution is -2.10. The van der Waals surface area contributed by atoms with Gasteiger partial charge in [-0.1, -0.05) is 51.1 Å². The summed E-state index contributed by atoms with van der Waals surface area (Å²) in [5.74, 6) is -0.843. The fourth-order valence-electron chi connectivity index (χ4n) is 2.26. The quantitative estimate of drug-likeness (QED) is 0.820. The minimum atomic E-state index is -0.517. The molecule has 0 unspecified atom stereocenters. The molecule has 0 radical (unpaired) electrons. The molecule has 2 aromatic rings. The monoisotopic (exact) mass is 327 g/mol. The van der Waals surface area contributed by atoms with E-state index in [1.807, 2.05) is 24.3 Å². The summed E-state index contributed by atoms with van der Waals surface area (Å²) in [7, 11) is 1.36. The number of hydrogen-bond donors (Lipinski definition) is 1. The molecule has 0 aromatic heterocycles. The Hall–Kier alpha value is -2.62. The lowest BCUT2D eigenvalue weighted by Gasteiger charge is -2.18. The van der Waals surface area contributed by atoms with Crippen molar-refractivity contribution in [3.05, 3.63) is 65.5 Å². The Balaban J connectivity index is 2.07. The van der Waals surface area contributed by atoms with Crippen molar-refractivity contribution in [2.45, 2.75) is 26.2 Å². The van der Waals surface area contributed by atoms with Gasteiger partial charge in [-0.25, -0.2) is 4.39 Å². The Bertz CT molecular complexity index is 743. The van der Waals surface area contributed by atoms with Crippen molar-refractivity contribution < 1.29 is 13.9 Å². The Morgan fingerprint density at radius 2 is 1.79 bits per heavy atom. The topological polar surface area (TPSA) is 38.3 Å². The number of nitrogens with one attached hydrogen (secondary N) is 1. The van der Waals surface area contributed by atoms with Gasteiger partial charge in [0, 0.05) is 6.08 Å². The highest BCUT2D eigenvalue weighted by Crippen LogP contribution is 2.27. The van der Waals surface area contributed by atoms with Crippen LogP contribution < -0.4 is 10.1 Å². The van der Waals surface area contributed by atoms with Gasteiger partial charge in [-0.3, -0.25) is 4.79 Å². The highest BCUT2D eigenvalue weighted by atomic mass is 19.1. The molecule has 0 saturated carbocycles. The zero-order valence-electron chi connectivity index (χ0n) is 14.4. The van der Waals surface area contributed by atoms with Crippen molar-refractivity contribution in [3.8, 4) is 5.75 Å². The highest BCUT2D eigenvalue weighted by molar-refractivity contribution is 6.02. The van der Waals surface area contributed by atoms with Crippen LogP contribution in [0.25, 0.3) is 6.08 Å². The van der Waals surface area contributed by atoms with Gasteiger partial charge in [0.05, 0.1) is 12.8 Å². The van der Waals surface area contributed by atoms with Gasteiger partial charge in [0.25, 0.3) is 0 Å². The van der Waals surface area contributed by atoms with Crippen LogP contribution in [0.1, 0.15) is 31.9 Å². The van der Waals surface area contributed by atoms with E-state index in [-0.39, 0.29) is 17.1 Å². The number of amides is 1. The summed E-state index contributed by atoms with van der Waals surface area (Å²) in [6.07, 6.45) is 3.13. The van der Waals surface area contributed by atoms with Crippen LogP contribution >= 0.6 is 0 Å². The van der Waals surface area contributed by atoms with Crippen LogP contribution in [-0.4, -0.2) is 13.0 Å². The maximum Gasteiger partial charge on any atom is 0.248 e. The average Bonchev–Trinajstić information content (AvgIpc) is 2.53. The molecule has 0 spiro atoms. The zero-order chi connectivity index (χ0) is 17.7. The third kappa shape index (κ3) is 4.44. The number of rotatable bonds is 4. The lowest BCUT2D eigenvalue weighted by atomic mass is 9.87. The molecule has 3 nitrogen and oxygen atoms in total. The van der Waals surface area contributed by atoms with Crippen molar-refractivity contribution in [2.24, 2.45) is 0 Å². The third-order valence-electron chi connectivity index (χ3n) is 3.63. The van der Waals surface area contributed by atoms with Crippen molar-refractivity contribution >= 4 is 17.7 Å². The van der Waals surface area contributed by atoms with Gasteiger partial charge < -0.3 is 10.1 Å². The van der Waals surface area contributed by atoms with Gasteiger partial charge in [0.1, 0.15) is 0 Å². The molecule has 0 fully saturated rings. The minimum absolute atomic E-state index is 0.0220. The first-order chi connectivity index (χ1) is 11.3. The number of methoxy groups -OCH3 is 1. The van der Waals surface area contributed by atoms with E-state index >= 15 is 0 Å². The molecular formula is C20H22FNO2. The minimum Gasteiger partial charge on any atom is -0.492 e. The highest BCUT2D eigenvalue weighted by Gasteiger charge is 2.12. The van der Waals surface area contributed by atoms with E-state index in [1.54, 1.807) is 12.1 Å². The molecular weight excluding hydrogens is 305 g/mol. The van der Waals surface area contributed by atoms with E-state index in [0.29, 0.717) is 5.69 Å². The van der Waals surface area contributed by atoms with Crippen LogP contribution in [0.3, 0.4) is 0 Å². The molecule has 4 heteroatoms. The number of anilines is 1. The Morgan fingerprint density at radius 1 is 1.12 bits per heavy atom. The van der Waals surface area contributed by atoms with Crippen LogP contribution in [0.2, 0.25) is 0 Å². The number of carbonyl (C=O) groups is 1. The van der Waals surface area contributed by atoms with E-state index in [4.69, 9.17) is 4.74 Å². The summed E-state index contributed by atoms with van der Waals surface area (Å²) in [4.78, 5) is 12.0. The number of carbonyl (C=O) groups excluding carboxylic acids is 1. The second-order valence-electron chi connectivity index (χ2n) is 6.52. The molecule has 1 N–H and O–H groups in total. The van der Waals surface area contributed by atoms with Gasteiger partial charge in [0.15, 0.2) is 11.6 Å². The molecule has 0 saturated heterocycles. The van der Waals surface area contributed by atoms with Crippen LogP contribution in [-0.2, 0) is 10.2 Å². The Kier molecular flexibility index (Phi) is 5.39. The van der Waals surface area contributed by atoms with Crippen molar-refractivity contribution in [1.29, 1.82) is 0 Å². The maximum atomic E-state index is 13.6. The van der Waals surface area contributed by atoms with E-state index < -0.39 is 5.82 Å². The Labute approximate surface area is 142 Å². The second-order valence-corrected chi connectivity index (χ2v) is 6.52. The fraction of sp³-hybridized carbons (Fsp3) is 0.250. The molecule has 0 atom stereocenters. The fourth-order valence-corrected chi connectivity index (χ4v) is 2.26. The molecule has 2 aromatic carbocycles. The average molecular weight is 327 g/mol. The predicted octanol–water partition coefficient (Wildman–Crippen LogP) is 4.78. The molecule has 1 amide bonds. The van der Waals surface area contributed by atoms with Crippen LogP contribution in [0, 0.1) is 5.82 Å². The smallest absolute Gasteiger partial charge is 0.248 e. The van der Waals surface area contributed by atoms with E-state index in [0.717, 1.165) is 5.56 Å². The largest absolute Gasteiger partial charge is 0.492 e. The number of benzene rings is 2. The van der Waals surface area contributed by atoms with Gasteiger partial charge in [-0.2, -0.15) is 0 Å². The molecule has 0 aliphatic carbocycles. The van der Waals surface area contributed by atoms with Crippen molar-refractivity contribution in [2.75, 3.05) is 12.4 Å². The summed E-state index contributed by atoms with van der Waals surface area (Å²) in [6.45, 7) is 6.45. The summed E-state index contributed by atoms with van der Waals surface area (Å²) in [5.41, 5.74) is 2.54. The van der Waals surface area contributed by atoms with E-state index in [2.05, 4.69) is 26.1 Å². The normalized spacial score (nSPS) is 11.5. The zero-order valence-corrected chi connectivity index (χ0v) is 14.4. The Morgan fingerprint density at radius 3 is 2.38 bits per heavy atom.